The van der Waals surface area contributed by atoms with Crippen LogP contribution < -0.4 is 10.6 Å². The monoisotopic (exact) mass is 279 g/mol. The molecule has 2 saturated heterocycles. The molecule has 2 fully saturated rings. The number of para-hydroxylation sites is 1. The fourth-order valence-corrected chi connectivity index (χ4v) is 3.22. The van der Waals surface area contributed by atoms with Crippen LogP contribution in [0.15, 0.2) is 24.3 Å². The smallest absolute Gasteiger partial charge is 0.238 e. The van der Waals surface area contributed by atoms with E-state index in [9.17, 15) is 4.79 Å². The highest BCUT2D eigenvalue weighted by Crippen LogP contribution is 2.26. The van der Waals surface area contributed by atoms with Crippen molar-refractivity contribution in [1.82, 2.24) is 10.2 Å². The van der Waals surface area contributed by atoms with Crippen LogP contribution in [-0.4, -0.2) is 43.5 Å². The molecule has 2 N–H and O–H groups in total. The molecule has 0 radical (unpaired) electrons. The molecule has 2 aliphatic heterocycles. The highest BCUT2D eigenvalue weighted by molar-refractivity contribution is 6.33. The molecule has 0 bridgehead atoms. The molecule has 2 aliphatic rings. The summed E-state index contributed by atoms with van der Waals surface area (Å²) < 4.78 is 0. The number of likely N-dealkylation sites (tertiary alicyclic amines) is 1. The van der Waals surface area contributed by atoms with Crippen molar-refractivity contribution in [3.8, 4) is 0 Å². The van der Waals surface area contributed by atoms with Gasteiger partial charge in [-0.3, -0.25) is 9.69 Å². The van der Waals surface area contributed by atoms with Gasteiger partial charge < -0.3 is 10.6 Å². The first-order valence-corrected chi connectivity index (χ1v) is 7.07. The van der Waals surface area contributed by atoms with E-state index < -0.39 is 0 Å². The van der Waals surface area contributed by atoms with Gasteiger partial charge in [-0.1, -0.05) is 23.7 Å². The van der Waals surface area contributed by atoms with E-state index in [1.165, 1.54) is 0 Å². The number of benzene rings is 1. The van der Waals surface area contributed by atoms with Gasteiger partial charge in [0.05, 0.1) is 17.3 Å². The summed E-state index contributed by atoms with van der Waals surface area (Å²) in [5.41, 5.74) is 0.690. The first-order valence-electron chi connectivity index (χ1n) is 6.70. The molecule has 102 valence electrons. The largest absolute Gasteiger partial charge is 0.324 e. The molecule has 2 unspecified atom stereocenters. The van der Waals surface area contributed by atoms with Crippen molar-refractivity contribution in [3.05, 3.63) is 29.3 Å². The number of anilines is 1. The van der Waals surface area contributed by atoms with E-state index in [1.54, 1.807) is 6.07 Å². The second-order valence-electron chi connectivity index (χ2n) is 5.40. The van der Waals surface area contributed by atoms with Gasteiger partial charge >= 0.3 is 0 Å². The van der Waals surface area contributed by atoms with Crippen LogP contribution in [0.2, 0.25) is 5.02 Å². The third-order valence-electron chi connectivity index (χ3n) is 3.98. The van der Waals surface area contributed by atoms with Crippen LogP contribution in [0.4, 0.5) is 5.69 Å². The van der Waals surface area contributed by atoms with Gasteiger partial charge in [-0.15, -0.1) is 0 Å². The third-order valence-corrected chi connectivity index (χ3v) is 4.31. The van der Waals surface area contributed by atoms with E-state index in [1.807, 2.05) is 18.2 Å². The van der Waals surface area contributed by atoms with Gasteiger partial charge in [0.25, 0.3) is 0 Å². The van der Waals surface area contributed by atoms with Crippen LogP contribution in [0.1, 0.15) is 0 Å². The van der Waals surface area contributed by atoms with E-state index in [0.29, 0.717) is 29.1 Å². The van der Waals surface area contributed by atoms with Gasteiger partial charge in [-0.25, -0.2) is 0 Å². The fourth-order valence-electron chi connectivity index (χ4n) is 3.04. The van der Waals surface area contributed by atoms with Crippen molar-refractivity contribution in [2.24, 2.45) is 11.8 Å². The number of nitrogens with zero attached hydrogens (tertiary/aromatic N) is 1. The molecule has 2 atom stereocenters. The lowest BCUT2D eigenvalue weighted by atomic mass is 10.0. The van der Waals surface area contributed by atoms with E-state index in [4.69, 9.17) is 11.6 Å². The highest BCUT2D eigenvalue weighted by atomic mass is 35.5. The van der Waals surface area contributed by atoms with Gasteiger partial charge in [0.1, 0.15) is 0 Å². The van der Waals surface area contributed by atoms with Crippen molar-refractivity contribution in [1.29, 1.82) is 0 Å². The number of carbonyl (C=O) groups is 1. The summed E-state index contributed by atoms with van der Waals surface area (Å²) in [5.74, 6) is 1.45. The lowest BCUT2D eigenvalue weighted by molar-refractivity contribution is -0.117. The zero-order valence-corrected chi connectivity index (χ0v) is 11.5. The van der Waals surface area contributed by atoms with Crippen molar-refractivity contribution in [3.63, 3.8) is 0 Å². The number of amides is 1. The van der Waals surface area contributed by atoms with Crippen LogP contribution in [-0.2, 0) is 4.79 Å². The van der Waals surface area contributed by atoms with Crippen LogP contribution in [0.5, 0.6) is 0 Å². The maximum absolute atomic E-state index is 12.0. The number of hydrogen-bond acceptors (Lipinski definition) is 3. The minimum Gasteiger partial charge on any atom is -0.324 e. The van der Waals surface area contributed by atoms with Crippen LogP contribution in [0.25, 0.3) is 0 Å². The third kappa shape index (κ3) is 2.91. The highest BCUT2D eigenvalue weighted by Gasteiger charge is 2.36. The summed E-state index contributed by atoms with van der Waals surface area (Å²) in [4.78, 5) is 14.3. The predicted octanol–water partition coefficient (Wildman–Crippen LogP) is 1.43. The van der Waals surface area contributed by atoms with Crippen LogP contribution in [0.3, 0.4) is 0 Å². The summed E-state index contributed by atoms with van der Waals surface area (Å²) in [5, 5.41) is 6.86. The minimum atomic E-state index is 0.0148. The van der Waals surface area contributed by atoms with E-state index >= 15 is 0 Å². The quantitative estimate of drug-likeness (QED) is 0.880. The molecule has 1 aromatic rings. The van der Waals surface area contributed by atoms with E-state index in [-0.39, 0.29) is 5.91 Å². The molecule has 5 heteroatoms. The Morgan fingerprint density at radius 3 is 2.68 bits per heavy atom. The standard InChI is InChI=1S/C14H18ClN3O/c15-12-3-1-2-4-13(12)17-14(19)9-18-7-10-5-16-6-11(10)8-18/h1-4,10-11,16H,5-9H2,(H,17,19). The second-order valence-corrected chi connectivity index (χ2v) is 5.81. The SMILES string of the molecule is O=C(CN1CC2CNCC2C1)Nc1ccccc1Cl. The zero-order valence-electron chi connectivity index (χ0n) is 10.7. The molecule has 0 aromatic heterocycles. The Bertz CT molecular complexity index is 468. The number of hydrogen-bond donors (Lipinski definition) is 2. The van der Waals surface area contributed by atoms with E-state index in [0.717, 1.165) is 26.2 Å². The normalized spacial score (nSPS) is 26.4. The van der Waals surface area contributed by atoms with Crippen molar-refractivity contribution >= 4 is 23.2 Å². The van der Waals surface area contributed by atoms with Gasteiger partial charge in [-0.2, -0.15) is 0 Å². The molecule has 0 saturated carbocycles. The summed E-state index contributed by atoms with van der Waals surface area (Å²) in [7, 11) is 0. The van der Waals surface area contributed by atoms with Gasteiger partial charge in [0.2, 0.25) is 5.91 Å². The first-order chi connectivity index (χ1) is 9.22. The predicted molar refractivity (Wildman–Crippen MR) is 76.4 cm³/mol. The van der Waals surface area contributed by atoms with Crippen molar-refractivity contribution in [2.75, 3.05) is 38.0 Å². The van der Waals surface area contributed by atoms with Gasteiger partial charge in [-0.05, 0) is 37.1 Å². The van der Waals surface area contributed by atoms with Gasteiger partial charge in [0.15, 0.2) is 0 Å². The summed E-state index contributed by atoms with van der Waals surface area (Å²) in [6.45, 7) is 4.68. The molecular formula is C14H18ClN3O. The topological polar surface area (TPSA) is 44.4 Å². The van der Waals surface area contributed by atoms with Crippen LogP contribution >= 0.6 is 11.6 Å². The Balaban J connectivity index is 1.53. The zero-order chi connectivity index (χ0) is 13.2. The summed E-state index contributed by atoms with van der Waals surface area (Å²) >= 11 is 6.03. The molecule has 4 nitrogen and oxygen atoms in total. The summed E-state index contributed by atoms with van der Waals surface area (Å²) in [6.07, 6.45) is 0. The number of halogens is 1. The molecule has 1 aromatic carbocycles. The van der Waals surface area contributed by atoms with Gasteiger partial charge in [0, 0.05) is 13.1 Å². The average Bonchev–Trinajstić information content (AvgIpc) is 2.92. The van der Waals surface area contributed by atoms with Crippen LogP contribution in [0, 0.1) is 11.8 Å². The molecule has 19 heavy (non-hydrogen) atoms. The molecule has 0 spiro atoms. The Morgan fingerprint density at radius 1 is 1.32 bits per heavy atom. The minimum absolute atomic E-state index is 0.0148. The number of rotatable bonds is 3. The molecule has 3 rings (SSSR count). The van der Waals surface area contributed by atoms with Crippen molar-refractivity contribution < 1.29 is 4.79 Å². The number of nitrogens with one attached hydrogen (secondary N) is 2. The summed E-state index contributed by atoms with van der Waals surface area (Å²) in [6, 6.07) is 7.33. The Morgan fingerprint density at radius 2 is 2.00 bits per heavy atom. The van der Waals surface area contributed by atoms with E-state index in [2.05, 4.69) is 15.5 Å². The Hall–Kier alpha value is -1.10. The lowest BCUT2D eigenvalue weighted by Gasteiger charge is -2.16. The number of carbonyl (C=O) groups excluding carboxylic acids is 1. The lowest BCUT2D eigenvalue weighted by Crippen LogP contribution is -2.33. The second kappa shape index (κ2) is 5.49. The molecule has 1 amide bonds. The maximum Gasteiger partial charge on any atom is 0.238 e. The molecular weight excluding hydrogens is 262 g/mol. The number of fused-ring (bicyclic) bond motifs is 1. The van der Waals surface area contributed by atoms with Crippen molar-refractivity contribution in [2.45, 2.75) is 0 Å². The maximum atomic E-state index is 12.0. The average molecular weight is 280 g/mol. The first kappa shape index (κ1) is 12.9. The Labute approximate surface area is 118 Å². The Kier molecular flexibility index (Phi) is 3.73. The molecule has 0 aliphatic carbocycles. The molecule has 2 heterocycles. The fraction of sp³-hybridized carbons (Fsp3) is 0.500.